The highest BCUT2D eigenvalue weighted by molar-refractivity contribution is 14.0. The summed E-state index contributed by atoms with van der Waals surface area (Å²) in [5, 5.41) is 6.59. The predicted octanol–water partition coefficient (Wildman–Crippen LogP) is 3.33. The maximum atomic E-state index is 13.4. The molecule has 0 amide bonds. The lowest BCUT2D eigenvalue weighted by atomic mass is 10.1. The van der Waals surface area contributed by atoms with Crippen molar-refractivity contribution in [2.45, 2.75) is 20.0 Å². The molecule has 0 unspecified atom stereocenters. The van der Waals surface area contributed by atoms with E-state index in [-0.39, 0.29) is 29.8 Å². The Morgan fingerprint density at radius 1 is 1.13 bits per heavy atom. The summed E-state index contributed by atoms with van der Waals surface area (Å²) in [5.41, 5.74) is 2.71. The number of halogens is 2. The Morgan fingerprint density at radius 3 is 2.61 bits per heavy atom. The minimum atomic E-state index is -0.188. The van der Waals surface area contributed by atoms with Gasteiger partial charge in [-0.25, -0.2) is 4.39 Å². The third-order valence-electron chi connectivity index (χ3n) is 5.09. The summed E-state index contributed by atoms with van der Waals surface area (Å²) in [7, 11) is 1.73. The predicted molar refractivity (Wildman–Crippen MR) is 133 cm³/mol. The number of benzene rings is 2. The fourth-order valence-corrected chi connectivity index (χ4v) is 3.30. The number of morpholine rings is 1. The van der Waals surface area contributed by atoms with Crippen LogP contribution in [0.15, 0.2) is 47.5 Å². The highest BCUT2D eigenvalue weighted by Gasteiger charge is 2.11. The number of hydrogen-bond acceptors (Lipinski definition) is 4. The highest BCUT2D eigenvalue weighted by Crippen LogP contribution is 2.18. The van der Waals surface area contributed by atoms with Gasteiger partial charge in [0.15, 0.2) is 5.96 Å². The van der Waals surface area contributed by atoms with Crippen LogP contribution in [0.25, 0.3) is 0 Å². The van der Waals surface area contributed by atoms with Crippen LogP contribution in [0.2, 0.25) is 0 Å². The van der Waals surface area contributed by atoms with E-state index in [9.17, 15) is 4.39 Å². The first kappa shape index (κ1) is 25.4. The second-order valence-electron chi connectivity index (χ2n) is 7.27. The van der Waals surface area contributed by atoms with Crippen LogP contribution in [-0.4, -0.2) is 57.4 Å². The molecule has 0 aliphatic carbocycles. The fraction of sp³-hybridized carbons (Fsp3) is 0.435. The highest BCUT2D eigenvalue weighted by atomic mass is 127. The summed E-state index contributed by atoms with van der Waals surface area (Å²) in [6.07, 6.45) is 0. The SMILES string of the molecule is CN=C(NCc1ccc(F)c(C)c1)NCc1ccccc1OCCN1CCOCC1.I. The van der Waals surface area contributed by atoms with Crippen LogP contribution < -0.4 is 15.4 Å². The van der Waals surface area contributed by atoms with Crippen LogP contribution in [-0.2, 0) is 17.8 Å². The zero-order valence-electron chi connectivity index (χ0n) is 18.2. The van der Waals surface area contributed by atoms with Crippen LogP contribution >= 0.6 is 24.0 Å². The molecule has 0 bridgehead atoms. The molecule has 170 valence electrons. The molecule has 8 heteroatoms. The number of rotatable bonds is 8. The van der Waals surface area contributed by atoms with Gasteiger partial charge < -0.3 is 20.1 Å². The molecule has 2 N–H and O–H groups in total. The van der Waals surface area contributed by atoms with Gasteiger partial charge in [-0.2, -0.15) is 0 Å². The van der Waals surface area contributed by atoms with Crippen LogP contribution in [0.4, 0.5) is 4.39 Å². The van der Waals surface area contributed by atoms with Gasteiger partial charge in [-0.1, -0.05) is 30.3 Å². The minimum Gasteiger partial charge on any atom is -0.492 e. The number of para-hydroxylation sites is 1. The van der Waals surface area contributed by atoms with Crippen molar-refractivity contribution >= 4 is 29.9 Å². The van der Waals surface area contributed by atoms with Crippen LogP contribution in [0, 0.1) is 12.7 Å². The van der Waals surface area contributed by atoms with Crippen molar-refractivity contribution in [3.63, 3.8) is 0 Å². The minimum absolute atomic E-state index is 0. The number of hydrogen-bond donors (Lipinski definition) is 2. The van der Waals surface area contributed by atoms with Crippen molar-refractivity contribution in [3.8, 4) is 5.75 Å². The summed E-state index contributed by atoms with van der Waals surface area (Å²) in [4.78, 5) is 6.63. The molecule has 1 saturated heterocycles. The van der Waals surface area contributed by atoms with Gasteiger partial charge in [0.1, 0.15) is 18.2 Å². The number of aliphatic imine (C=N–C) groups is 1. The summed E-state index contributed by atoms with van der Waals surface area (Å²) in [6, 6.07) is 13.1. The zero-order valence-corrected chi connectivity index (χ0v) is 20.5. The normalized spacial score (nSPS) is 14.6. The molecule has 2 aromatic rings. The third-order valence-corrected chi connectivity index (χ3v) is 5.09. The lowest BCUT2D eigenvalue weighted by molar-refractivity contribution is 0.0322. The summed E-state index contributed by atoms with van der Waals surface area (Å²) in [5.74, 6) is 1.37. The van der Waals surface area contributed by atoms with Gasteiger partial charge in [-0.05, 0) is 30.2 Å². The average molecular weight is 542 g/mol. The van der Waals surface area contributed by atoms with E-state index in [1.54, 1.807) is 20.0 Å². The molecule has 0 aromatic heterocycles. The maximum absolute atomic E-state index is 13.4. The van der Waals surface area contributed by atoms with E-state index in [1.807, 2.05) is 30.3 Å². The number of nitrogens with zero attached hydrogens (tertiary/aromatic N) is 2. The Kier molecular flexibility index (Phi) is 11.0. The van der Waals surface area contributed by atoms with Crippen molar-refractivity contribution in [2.24, 2.45) is 4.99 Å². The standard InChI is InChI=1S/C23H31FN4O2.HI/c1-18-15-19(7-8-21(18)24)16-26-23(25-2)27-17-20-5-3-4-6-22(20)30-14-11-28-9-12-29-13-10-28;/h3-8,15H,9-14,16-17H2,1-2H3,(H2,25,26,27);1H. The molecule has 1 fully saturated rings. The van der Waals surface area contributed by atoms with E-state index in [2.05, 4.69) is 20.5 Å². The number of ether oxygens (including phenoxy) is 2. The largest absolute Gasteiger partial charge is 0.492 e. The van der Waals surface area contributed by atoms with Crippen molar-refractivity contribution in [2.75, 3.05) is 46.5 Å². The molecule has 0 radical (unpaired) electrons. The van der Waals surface area contributed by atoms with E-state index in [4.69, 9.17) is 9.47 Å². The molecule has 2 aromatic carbocycles. The average Bonchev–Trinajstić information content (AvgIpc) is 2.78. The number of guanidine groups is 1. The van der Waals surface area contributed by atoms with Gasteiger partial charge in [-0.3, -0.25) is 9.89 Å². The summed E-state index contributed by atoms with van der Waals surface area (Å²) in [6.45, 7) is 7.98. The second kappa shape index (κ2) is 13.5. The van der Waals surface area contributed by atoms with Crippen molar-refractivity contribution < 1.29 is 13.9 Å². The van der Waals surface area contributed by atoms with Crippen molar-refractivity contribution in [1.82, 2.24) is 15.5 Å². The Balaban J connectivity index is 0.00000341. The Hall–Kier alpha value is -1.91. The Labute approximate surface area is 201 Å². The Bertz CT molecular complexity index is 844. The van der Waals surface area contributed by atoms with Gasteiger partial charge in [-0.15, -0.1) is 24.0 Å². The number of aryl methyl sites for hydroxylation is 1. The van der Waals surface area contributed by atoms with Gasteiger partial charge >= 0.3 is 0 Å². The summed E-state index contributed by atoms with van der Waals surface area (Å²) < 4.78 is 24.9. The fourth-order valence-electron chi connectivity index (χ4n) is 3.30. The molecule has 6 nitrogen and oxygen atoms in total. The van der Waals surface area contributed by atoms with Gasteiger partial charge in [0.2, 0.25) is 0 Å². The Morgan fingerprint density at radius 2 is 1.87 bits per heavy atom. The first-order chi connectivity index (χ1) is 14.7. The molecule has 1 aliphatic heterocycles. The molecular weight excluding hydrogens is 510 g/mol. The second-order valence-corrected chi connectivity index (χ2v) is 7.27. The molecule has 0 atom stereocenters. The topological polar surface area (TPSA) is 58.1 Å². The summed E-state index contributed by atoms with van der Waals surface area (Å²) >= 11 is 0. The van der Waals surface area contributed by atoms with E-state index in [0.29, 0.717) is 31.2 Å². The lowest BCUT2D eigenvalue weighted by Gasteiger charge is -2.26. The van der Waals surface area contributed by atoms with Crippen molar-refractivity contribution in [1.29, 1.82) is 0 Å². The van der Waals surface area contributed by atoms with E-state index < -0.39 is 0 Å². The molecule has 1 aliphatic rings. The lowest BCUT2D eigenvalue weighted by Crippen LogP contribution is -2.38. The van der Waals surface area contributed by atoms with E-state index in [1.165, 1.54) is 6.07 Å². The first-order valence-electron chi connectivity index (χ1n) is 10.4. The number of nitrogens with one attached hydrogen (secondary N) is 2. The van der Waals surface area contributed by atoms with E-state index >= 15 is 0 Å². The zero-order chi connectivity index (χ0) is 21.2. The van der Waals surface area contributed by atoms with Gasteiger partial charge in [0.05, 0.1) is 13.2 Å². The van der Waals surface area contributed by atoms with E-state index in [0.717, 1.165) is 49.7 Å². The smallest absolute Gasteiger partial charge is 0.191 e. The molecule has 0 spiro atoms. The molecule has 31 heavy (non-hydrogen) atoms. The van der Waals surface area contributed by atoms with Gasteiger partial charge in [0.25, 0.3) is 0 Å². The molecule has 3 rings (SSSR count). The molecule has 0 saturated carbocycles. The van der Waals surface area contributed by atoms with Crippen LogP contribution in [0.1, 0.15) is 16.7 Å². The first-order valence-corrected chi connectivity index (χ1v) is 10.4. The van der Waals surface area contributed by atoms with Crippen molar-refractivity contribution in [3.05, 3.63) is 65.0 Å². The van der Waals surface area contributed by atoms with Crippen LogP contribution in [0.5, 0.6) is 5.75 Å². The molecule has 1 heterocycles. The quantitative estimate of drug-likeness (QED) is 0.305. The van der Waals surface area contributed by atoms with Gasteiger partial charge in [0, 0.05) is 45.3 Å². The van der Waals surface area contributed by atoms with Crippen LogP contribution in [0.3, 0.4) is 0 Å². The maximum Gasteiger partial charge on any atom is 0.191 e. The monoisotopic (exact) mass is 542 g/mol. The molecular formula is C23H32FIN4O2. The third kappa shape index (κ3) is 8.27.